The minimum atomic E-state index is -0.999. The predicted molar refractivity (Wildman–Crippen MR) is 166 cm³/mol. The largest absolute Gasteiger partial charge is 0.478 e. The second kappa shape index (κ2) is 10.6. The average Bonchev–Trinajstić information content (AvgIpc) is 3.50. The van der Waals surface area contributed by atoms with Crippen molar-refractivity contribution in [2.24, 2.45) is 0 Å². The molecule has 0 fully saturated rings. The van der Waals surface area contributed by atoms with Crippen LogP contribution in [0.4, 0.5) is 0 Å². The first-order chi connectivity index (χ1) is 18.9. The lowest BCUT2D eigenvalue weighted by Crippen LogP contribution is -1.99. The SMILES string of the molecule is O=C(O)c1ccccc1Oc1csc2ccc(Br)cc12.O=c1c2ccccc2oc2c1sc1ccc(Br)cc12. The molecule has 7 aromatic rings. The molecule has 0 unspecified atom stereocenters. The summed E-state index contributed by atoms with van der Waals surface area (Å²) in [7, 11) is 0. The van der Waals surface area contributed by atoms with E-state index in [0.29, 0.717) is 32.8 Å². The topological polar surface area (TPSA) is 76.7 Å². The summed E-state index contributed by atoms with van der Waals surface area (Å²) in [5.41, 5.74) is 1.53. The van der Waals surface area contributed by atoms with Crippen LogP contribution in [-0.2, 0) is 0 Å². The van der Waals surface area contributed by atoms with Crippen LogP contribution in [0, 0.1) is 0 Å². The Labute approximate surface area is 246 Å². The Morgan fingerprint density at radius 2 is 1.49 bits per heavy atom. The highest BCUT2D eigenvalue weighted by molar-refractivity contribution is 9.10. The van der Waals surface area contributed by atoms with Crippen molar-refractivity contribution in [3.05, 3.63) is 115 Å². The molecule has 0 aliphatic rings. The highest BCUT2D eigenvalue weighted by atomic mass is 79.9. The van der Waals surface area contributed by atoms with Gasteiger partial charge in [0.15, 0.2) is 5.58 Å². The van der Waals surface area contributed by atoms with Crippen molar-refractivity contribution < 1.29 is 19.1 Å². The number of rotatable bonds is 3. The molecular weight excluding hydrogens is 664 g/mol. The van der Waals surface area contributed by atoms with Gasteiger partial charge in [-0.15, -0.1) is 22.7 Å². The van der Waals surface area contributed by atoms with E-state index in [-0.39, 0.29) is 11.0 Å². The van der Waals surface area contributed by atoms with E-state index in [1.54, 1.807) is 35.6 Å². The van der Waals surface area contributed by atoms with Gasteiger partial charge in [0.1, 0.15) is 27.3 Å². The molecule has 192 valence electrons. The van der Waals surface area contributed by atoms with Crippen LogP contribution >= 0.6 is 54.5 Å². The first kappa shape index (κ1) is 25.8. The average molecular weight is 680 g/mol. The third kappa shape index (κ3) is 4.98. The molecular formula is C30H16Br2O5S2. The van der Waals surface area contributed by atoms with Crippen molar-refractivity contribution >= 4 is 102 Å². The summed E-state index contributed by atoms with van der Waals surface area (Å²) >= 11 is 9.93. The molecule has 3 heterocycles. The number of carboxylic acids is 1. The van der Waals surface area contributed by atoms with E-state index in [2.05, 4.69) is 31.9 Å². The maximum Gasteiger partial charge on any atom is 0.339 e. The minimum Gasteiger partial charge on any atom is -0.478 e. The summed E-state index contributed by atoms with van der Waals surface area (Å²) in [6, 6.07) is 25.9. The minimum absolute atomic E-state index is 0.0502. The van der Waals surface area contributed by atoms with Crippen LogP contribution in [0.1, 0.15) is 10.4 Å². The zero-order valence-corrected chi connectivity index (χ0v) is 24.6. The Morgan fingerprint density at radius 3 is 2.28 bits per heavy atom. The first-order valence-electron chi connectivity index (χ1n) is 11.6. The van der Waals surface area contributed by atoms with Gasteiger partial charge >= 0.3 is 5.97 Å². The van der Waals surface area contributed by atoms with Crippen LogP contribution in [-0.4, -0.2) is 11.1 Å². The molecule has 0 saturated heterocycles. The Hall–Kier alpha value is -3.50. The Balaban J connectivity index is 0.000000142. The number of ether oxygens (including phenoxy) is 1. The van der Waals surface area contributed by atoms with Crippen molar-refractivity contribution in [3.63, 3.8) is 0 Å². The van der Waals surface area contributed by atoms with Gasteiger partial charge in [-0.1, -0.05) is 56.1 Å². The molecule has 1 N–H and O–H groups in total. The number of aromatic carboxylic acids is 1. The molecule has 0 aliphatic heterocycles. The molecule has 39 heavy (non-hydrogen) atoms. The fraction of sp³-hybridized carbons (Fsp3) is 0. The highest BCUT2D eigenvalue weighted by Crippen LogP contribution is 2.38. The highest BCUT2D eigenvalue weighted by Gasteiger charge is 2.15. The molecule has 0 radical (unpaired) electrons. The molecule has 9 heteroatoms. The second-order valence-electron chi connectivity index (χ2n) is 8.47. The van der Waals surface area contributed by atoms with Crippen LogP contribution in [0.25, 0.3) is 41.4 Å². The van der Waals surface area contributed by atoms with E-state index >= 15 is 0 Å². The summed E-state index contributed by atoms with van der Waals surface area (Å²) in [4.78, 5) is 23.7. The van der Waals surface area contributed by atoms with Crippen LogP contribution in [0.3, 0.4) is 0 Å². The summed E-state index contributed by atoms with van der Waals surface area (Å²) in [5.74, 6) is 0.0148. The molecule has 0 spiro atoms. The van der Waals surface area contributed by atoms with Gasteiger partial charge in [0.2, 0.25) is 5.43 Å². The summed E-state index contributed by atoms with van der Waals surface area (Å²) in [5, 5.41) is 13.6. The maximum atomic E-state index is 12.5. The molecule has 0 aliphatic carbocycles. The normalized spacial score (nSPS) is 11.1. The Morgan fingerprint density at radius 1 is 0.795 bits per heavy atom. The number of para-hydroxylation sites is 2. The molecule has 0 bridgehead atoms. The Kier molecular flexibility index (Phi) is 6.99. The first-order valence-corrected chi connectivity index (χ1v) is 14.9. The van der Waals surface area contributed by atoms with E-state index in [4.69, 9.17) is 14.3 Å². The monoisotopic (exact) mass is 678 g/mol. The lowest BCUT2D eigenvalue weighted by atomic mass is 10.2. The van der Waals surface area contributed by atoms with Gasteiger partial charge in [0.05, 0.1) is 5.39 Å². The Bertz CT molecular complexity index is 2090. The number of halogens is 2. The van der Waals surface area contributed by atoms with Gasteiger partial charge in [-0.05, 0) is 60.7 Å². The van der Waals surface area contributed by atoms with Gasteiger partial charge in [-0.3, -0.25) is 4.79 Å². The number of carboxylic acid groups (broad SMARTS) is 1. The fourth-order valence-electron chi connectivity index (χ4n) is 4.18. The quantitative estimate of drug-likeness (QED) is 0.201. The molecule has 4 aromatic carbocycles. The number of hydrogen-bond acceptors (Lipinski definition) is 6. The van der Waals surface area contributed by atoms with Crippen molar-refractivity contribution in [3.8, 4) is 11.5 Å². The van der Waals surface area contributed by atoms with E-state index in [1.165, 1.54) is 17.4 Å². The summed E-state index contributed by atoms with van der Waals surface area (Å²) < 4.78 is 16.5. The lowest BCUT2D eigenvalue weighted by Gasteiger charge is -2.07. The number of fused-ring (bicyclic) bond motifs is 5. The molecule has 0 atom stereocenters. The van der Waals surface area contributed by atoms with Gasteiger partial charge in [0.25, 0.3) is 0 Å². The standard InChI is InChI=1S/C15H9BrO3S.C15H7BrO2S/c16-9-5-6-14-11(7-9)13(8-20-14)19-12-4-2-1-3-10(12)15(17)18;16-8-5-6-12-10(7-8)14-15(19-12)13(17)9-3-1-2-4-11(9)18-14/h1-8H,(H,17,18);1-7H. The smallest absolute Gasteiger partial charge is 0.339 e. The zero-order chi connectivity index (χ0) is 27.1. The van der Waals surface area contributed by atoms with E-state index in [9.17, 15) is 9.59 Å². The van der Waals surface area contributed by atoms with Crippen LogP contribution in [0.5, 0.6) is 11.5 Å². The lowest BCUT2D eigenvalue weighted by molar-refractivity contribution is 0.0694. The number of benzene rings is 4. The number of thiophene rings is 2. The third-order valence-electron chi connectivity index (χ3n) is 5.99. The van der Waals surface area contributed by atoms with Crippen molar-refractivity contribution in [2.75, 3.05) is 0 Å². The predicted octanol–water partition coefficient (Wildman–Crippen LogP) is 10.1. The van der Waals surface area contributed by atoms with Gasteiger partial charge in [-0.25, -0.2) is 4.79 Å². The van der Waals surface area contributed by atoms with Gasteiger partial charge in [0, 0.05) is 34.5 Å². The van der Waals surface area contributed by atoms with Gasteiger partial charge < -0.3 is 14.3 Å². The van der Waals surface area contributed by atoms with Crippen LogP contribution in [0.2, 0.25) is 0 Å². The number of hydrogen-bond donors (Lipinski definition) is 1. The molecule has 0 amide bonds. The zero-order valence-electron chi connectivity index (χ0n) is 19.8. The number of carbonyl (C=O) groups is 1. The molecule has 3 aromatic heterocycles. The van der Waals surface area contributed by atoms with Gasteiger partial charge in [-0.2, -0.15) is 0 Å². The maximum absolute atomic E-state index is 12.5. The van der Waals surface area contributed by atoms with E-state index in [0.717, 1.165) is 29.1 Å². The molecule has 7 rings (SSSR count). The van der Waals surface area contributed by atoms with Crippen molar-refractivity contribution in [1.29, 1.82) is 0 Å². The van der Waals surface area contributed by atoms with Crippen molar-refractivity contribution in [1.82, 2.24) is 0 Å². The summed E-state index contributed by atoms with van der Waals surface area (Å²) in [6.45, 7) is 0. The van der Waals surface area contributed by atoms with Crippen molar-refractivity contribution in [2.45, 2.75) is 0 Å². The second-order valence-corrected chi connectivity index (χ2v) is 12.3. The van der Waals surface area contributed by atoms with Crippen LogP contribution < -0.4 is 10.2 Å². The summed E-state index contributed by atoms with van der Waals surface area (Å²) in [6.07, 6.45) is 0. The van der Waals surface area contributed by atoms with E-state index in [1.807, 2.05) is 60.0 Å². The fourth-order valence-corrected chi connectivity index (χ4v) is 6.81. The van der Waals surface area contributed by atoms with Crippen LogP contribution in [0.15, 0.2) is 108 Å². The molecule has 5 nitrogen and oxygen atoms in total. The third-order valence-corrected chi connectivity index (χ3v) is 9.07. The molecule has 0 saturated carbocycles. The van der Waals surface area contributed by atoms with E-state index < -0.39 is 5.97 Å².